The molecular weight excluding hydrogens is 184 g/mol. The summed E-state index contributed by atoms with van der Waals surface area (Å²) in [7, 11) is 3.04. The second-order valence-corrected chi connectivity index (χ2v) is 2.93. The number of rotatable bonds is 5. The van der Waals surface area contributed by atoms with Crippen molar-refractivity contribution in [3.8, 4) is 0 Å². The van der Waals surface area contributed by atoms with E-state index in [0.29, 0.717) is 12.2 Å². The third-order valence-electron chi connectivity index (χ3n) is 2.12. The van der Waals surface area contributed by atoms with Crippen LogP contribution in [0.15, 0.2) is 11.6 Å². The molecule has 0 amide bonds. The van der Waals surface area contributed by atoms with E-state index in [1.807, 2.05) is 0 Å². The predicted octanol–water partition coefficient (Wildman–Crippen LogP) is 1.50. The number of ether oxygens (including phenoxy) is 3. The van der Waals surface area contributed by atoms with E-state index in [9.17, 15) is 4.79 Å². The molecule has 0 aromatic rings. The molecule has 4 heteroatoms. The van der Waals surface area contributed by atoms with Gasteiger partial charge in [-0.1, -0.05) is 0 Å². The molecule has 0 fully saturated rings. The smallest absolute Gasteiger partial charge is 0.330 e. The Morgan fingerprint density at radius 1 is 1.36 bits per heavy atom. The number of methoxy groups -OCH3 is 2. The molecule has 0 saturated carbocycles. The SMILES string of the molecule is CCOC(=O)/C=C(\C)C(C)(OC)OC. The summed E-state index contributed by atoms with van der Waals surface area (Å²) < 4.78 is 15.0. The maximum Gasteiger partial charge on any atom is 0.330 e. The van der Waals surface area contributed by atoms with Gasteiger partial charge in [-0.3, -0.25) is 0 Å². The molecule has 0 rings (SSSR count). The number of esters is 1. The van der Waals surface area contributed by atoms with Crippen molar-refractivity contribution in [2.75, 3.05) is 20.8 Å². The van der Waals surface area contributed by atoms with Gasteiger partial charge in [0, 0.05) is 20.3 Å². The fraction of sp³-hybridized carbons (Fsp3) is 0.700. The van der Waals surface area contributed by atoms with Crippen LogP contribution in [0.5, 0.6) is 0 Å². The first-order valence-electron chi connectivity index (χ1n) is 4.46. The summed E-state index contributed by atoms with van der Waals surface area (Å²) in [5.74, 6) is -1.25. The van der Waals surface area contributed by atoms with Gasteiger partial charge in [0.25, 0.3) is 0 Å². The zero-order valence-electron chi connectivity index (χ0n) is 9.42. The van der Waals surface area contributed by atoms with Crippen LogP contribution in [-0.2, 0) is 19.0 Å². The van der Waals surface area contributed by atoms with E-state index < -0.39 is 5.79 Å². The summed E-state index contributed by atoms with van der Waals surface area (Å²) >= 11 is 0. The zero-order chi connectivity index (χ0) is 11.2. The molecule has 0 radical (unpaired) electrons. The van der Waals surface area contributed by atoms with Crippen LogP contribution in [0, 0.1) is 0 Å². The highest BCUT2D eigenvalue weighted by Gasteiger charge is 2.25. The fourth-order valence-corrected chi connectivity index (χ4v) is 0.897. The Labute approximate surface area is 84.8 Å². The molecule has 0 atom stereocenters. The second kappa shape index (κ2) is 5.78. The van der Waals surface area contributed by atoms with Crippen LogP contribution >= 0.6 is 0 Å². The molecule has 4 nitrogen and oxygen atoms in total. The lowest BCUT2D eigenvalue weighted by atomic mass is 10.1. The summed E-state index contributed by atoms with van der Waals surface area (Å²) in [5, 5.41) is 0. The quantitative estimate of drug-likeness (QED) is 0.385. The highest BCUT2D eigenvalue weighted by atomic mass is 16.7. The average molecular weight is 202 g/mol. The van der Waals surface area contributed by atoms with Crippen molar-refractivity contribution >= 4 is 5.97 Å². The van der Waals surface area contributed by atoms with Crippen LogP contribution in [0.4, 0.5) is 0 Å². The number of carbonyl (C=O) groups is 1. The Morgan fingerprint density at radius 2 is 1.86 bits per heavy atom. The van der Waals surface area contributed by atoms with Crippen LogP contribution in [-0.4, -0.2) is 32.6 Å². The van der Waals surface area contributed by atoms with E-state index in [1.54, 1.807) is 20.8 Å². The van der Waals surface area contributed by atoms with E-state index in [2.05, 4.69) is 0 Å². The normalized spacial score (nSPS) is 12.8. The Balaban J connectivity index is 4.56. The first-order chi connectivity index (χ1) is 6.50. The lowest BCUT2D eigenvalue weighted by Gasteiger charge is -2.27. The molecule has 0 aliphatic rings. The highest BCUT2D eigenvalue weighted by molar-refractivity contribution is 5.82. The van der Waals surface area contributed by atoms with Gasteiger partial charge in [0.15, 0.2) is 5.79 Å². The molecular formula is C10H18O4. The third kappa shape index (κ3) is 3.47. The summed E-state index contributed by atoms with van der Waals surface area (Å²) in [6.07, 6.45) is 1.37. The van der Waals surface area contributed by atoms with Crippen molar-refractivity contribution in [1.82, 2.24) is 0 Å². The van der Waals surface area contributed by atoms with Crippen molar-refractivity contribution in [3.63, 3.8) is 0 Å². The van der Waals surface area contributed by atoms with E-state index in [-0.39, 0.29) is 5.97 Å². The lowest BCUT2D eigenvalue weighted by Crippen LogP contribution is -2.31. The lowest BCUT2D eigenvalue weighted by molar-refractivity contribution is -0.165. The Bertz CT molecular complexity index is 216. The first-order valence-corrected chi connectivity index (χ1v) is 4.46. The zero-order valence-corrected chi connectivity index (χ0v) is 9.42. The Morgan fingerprint density at radius 3 is 2.21 bits per heavy atom. The maximum absolute atomic E-state index is 11.1. The van der Waals surface area contributed by atoms with Crippen molar-refractivity contribution in [1.29, 1.82) is 0 Å². The Hall–Kier alpha value is -0.870. The minimum Gasteiger partial charge on any atom is -0.463 e. The molecule has 0 spiro atoms. The standard InChI is InChI=1S/C10H18O4/c1-6-14-9(11)7-8(2)10(3,12-4)13-5/h7H,6H2,1-5H3/b8-7+. The van der Waals surface area contributed by atoms with E-state index in [1.165, 1.54) is 20.3 Å². The van der Waals surface area contributed by atoms with Gasteiger partial charge in [-0.15, -0.1) is 0 Å². The number of carbonyl (C=O) groups excluding carboxylic acids is 1. The summed E-state index contributed by atoms with van der Waals surface area (Å²) in [4.78, 5) is 11.1. The van der Waals surface area contributed by atoms with Gasteiger partial charge >= 0.3 is 5.97 Å². The minimum absolute atomic E-state index is 0.360. The Kier molecular flexibility index (Phi) is 5.42. The molecule has 0 saturated heterocycles. The minimum atomic E-state index is -0.868. The molecule has 0 aliphatic carbocycles. The predicted molar refractivity (Wildman–Crippen MR) is 52.8 cm³/mol. The van der Waals surface area contributed by atoms with Crippen LogP contribution in [0.2, 0.25) is 0 Å². The molecule has 0 aliphatic heterocycles. The molecule has 0 N–H and O–H groups in total. The van der Waals surface area contributed by atoms with Crippen molar-refractivity contribution < 1.29 is 19.0 Å². The maximum atomic E-state index is 11.1. The van der Waals surface area contributed by atoms with E-state index in [4.69, 9.17) is 14.2 Å². The van der Waals surface area contributed by atoms with Gasteiger partial charge < -0.3 is 14.2 Å². The summed E-state index contributed by atoms with van der Waals surface area (Å²) in [6, 6.07) is 0. The number of hydrogen-bond donors (Lipinski definition) is 0. The topological polar surface area (TPSA) is 44.8 Å². The highest BCUT2D eigenvalue weighted by Crippen LogP contribution is 2.20. The molecule has 82 valence electrons. The van der Waals surface area contributed by atoms with Gasteiger partial charge in [0.05, 0.1) is 6.61 Å². The summed E-state index contributed by atoms with van der Waals surface area (Å²) in [6.45, 7) is 5.61. The third-order valence-corrected chi connectivity index (χ3v) is 2.12. The largest absolute Gasteiger partial charge is 0.463 e. The van der Waals surface area contributed by atoms with Crippen LogP contribution in [0.1, 0.15) is 20.8 Å². The van der Waals surface area contributed by atoms with E-state index in [0.717, 1.165) is 0 Å². The van der Waals surface area contributed by atoms with Gasteiger partial charge in [0.2, 0.25) is 0 Å². The van der Waals surface area contributed by atoms with Gasteiger partial charge in [-0.2, -0.15) is 0 Å². The number of hydrogen-bond acceptors (Lipinski definition) is 4. The summed E-state index contributed by atoms with van der Waals surface area (Å²) in [5.41, 5.74) is 0.668. The molecule has 0 aromatic heterocycles. The van der Waals surface area contributed by atoms with E-state index >= 15 is 0 Å². The molecule has 0 heterocycles. The molecule has 0 aromatic carbocycles. The van der Waals surface area contributed by atoms with Crippen molar-refractivity contribution in [3.05, 3.63) is 11.6 Å². The molecule has 14 heavy (non-hydrogen) atoms. The monoisotopic (exact) mass is 202 g/mol. The van der Waals surface area contributed by atoms with Crippen LogP contribution in [0.3, 0.4) is 0 Å². The van der Waals surface area contributed by atoms with Gasteiger partial charge in [-0.25, -0.2) is 4.79 Å². The van der Waals surface area contributed by atoms with Gasteiger partial charge in [-0.05, 0) is 26.3 Å². The van der Waals surface area contributed by atoms with Crippen LogP contribution < -0.4 is 0 Å². The van der Waals surface area contributed by atoms with Crippen LogP contribution in [0.25, 0.3) is 0 Å². The van der Waals surface area contributed by atoms with Crippen molar-refractivity contribution in [2.24, 2.45) is 0 Å². The van der Waals surface area contributed by atoms with Crippen molar-refractivity contribution in [2.45, 2.75) is 26.6 Å². The molecule has 0 bridgehead atoms. The fourth-order valence-electron chi connectivity index (χ4n) is 0.897. The first kappa shape index (κ1) is 13.1. The van der Waals surface area contributed by atoms with Gasteiger partial charge in [0.1, 0.15) is 0 Å². The second-order valence-electron chi connectivity index (χ2n) is 2.93. The average Bonchev–Trinajstić information content (AvgIpc) is 2.16. The molecule has 0 unspecified atom stereocenters.